The van der Waals surface area contributed by atoms with Gasteiger partial charge in [-0.05, 0) is 37.6 Å². The van der Waals surface area contributed by atoms with Crippen molar-refractivity contribution in [1.29, 1.82) is 0 Å². The van der Waals surface area contributed by atoms with E-state index in [1.807, 2.05) is 20.8 Å². The van der Waals surface area contributed by atoms with Crippen molar-refractivity contribution >= 4 is 5.97 Å². The lowest BCUT2D eigenvalue weighted by atomic mass is 9.89. The Hall–Kier alpha value is -1.99. The van der Waals surface area contributed by atoms with Crippen LogP contribution >= 0.6 is 0 Å². The predicted molar refractivity (Wildman–Crippen MR) is 85.6 cm³/mol. The number of methoxy groups -OCH3 is 1. The van der Waals surface area contributed by atoms with Gasteiger partial charge in [0.25, 0.3) is 0 Å². The molecule has 0 bridgehead atoms. The highest BCUT2D eigenvalue weighted by atomic mass is 16.7. The van der Waals surface area contributed by atoms with Gasteiger partial charge >= 0.3 is 5.97 Å². The van der Waals surface area contributed by atoms with Crippen LogP contribution in [-0.4, -0.2) is 19.4 Å². The Morgan fingerprint density at radius 1 is 1.27 bits per heavy atom. The Kier molecular flexibility index (Phi) is 6.45. The highest BCUT2D eigenvalue weighted by molar-refractivity contribution is 5.82. The standard InChI is InChI=1S/C18H24O4/c1-7-18(5,8-2)17(19)22-15-11-9-14(10-12-15)21-16(20-6)13(3)4/h1,9-13,16H,8H2,2-6H3. The molecule has 4 heteroatoms. The van der Waals surface area contributed by atoms with Gasteiger partial charge in [-0.25, -0.2) is 0 Å². The van der Waals surface area contributed by atoms with Gasteiger partial charge in [0, 0.05) is 13.0 Å². The highest BCUT2D eigenvalue weighted by Crippen LogP contribution is 2.25. The summed E-state index contributed by atoms with van der Waals surface area (Å²) in [4.78, 5) is 12.1. The van der Waals surface area contributed by atoms with Crippen molar-refractivity contribution in [3.05, 3.63) is 24.3 Å². The third-order valence-electron chi connectivity index (χ3n) is 3.54. The summed E-state index contributed by atoms with van der Waals surface area (Å²) in [5.74, 6) is 3.37. The smallest absolute Gasteiger partial charge is 0.329 e. The fourth-order valence-corrected chi connectivity index (χ4v) is 1.70. The molecule has 0 saturated carbocycles. The molecule has 1 rings (SSSR count). The minimum Gasteiger partial charge on any atom is -0.465 e. The molecule has 0 aromatic heterocycles. The molecule has 0 fully saturated rings. The zero-order chi connectivity index (χ0) is 16.8. The molecule has 120 valence electrons. The fraction of sp³-hybridized carbons (Fsp3) is 0.500. The number of ether oxygens (including phenoxy) is 3. The molecule has 1 aromatic rings. The number of hydrogen-bond donors (Lipinski definition) is 0. The molecule has 0 aliphatic rings. The van der Waals surface area contributed by atoms with Gasteiger partial charge in [-0.3, -0.25) is 4.79 Å². The second kappa shape index (κ2) is 7.86. The van der Waals surface area contributed by atoms with Gasteiger partial charge < -0.3 is 14.2 Å². The molecular formula is C18H24O4. The first-order valence-corrected chi connectivity index (χ1v) is 7.35. The van der Waals surface area contributed by atoms with Gasteiger partial charge in [0.1, 0.15) is 16.9 Å². The van der Waals surface area contributed by atoms with Crippen LogP contribution in [0.2, 0.25) is 0 Å². The van der Waals surface area contributed by atoms with Gasteiger partial charge in [0.15, 0.2) is 0 Å². The van der Waals surface area contributed by atoms with E-state index in [4.69, 9.17) is 20.6 Å². The monoisotopic (exact) mass is 304 g/mol. The van der Waals surface area contributed by atoms with Crippen LogP contribution in [0.25, 0.3) is 0 Å². The Balaban J connectivity index is 2.74. The quantitative estimate of drug-likeness (QED) is 0.334. The number of esters is 1. The molecule has 0 heterocycles. The average molecular weight is 304 g/mol. The van der Waals surface area contributed by atoms with E-state index in [-0.39, 0.29) is 12.2 Å². The van der Waals surface area contributed by atoms with E-state index in [9.17, 15) is 4.79 Å². The maximum atomic E-state index is 12.1. The van der Waals surface area contributed by atoms with Gasteiger partial charge in [-0.15, -0.1) is 6.42 Å². The molecule has 1 aromatic carbocycles. The lowest BCUT2D eigenvalue weighted by molar-refractivity contribution is -0.141. The third-order valence-corrected chi connectivity index (χ3v) is 3.54. The zero-order valence-corrected chi connectivity index (χ0v) is 13.9. The molecule has 0 aliphatic heterocycles. The van der Waals surface area contributed by atoms with E-state index < -0.39 is 11.4 Å². The molecule has 22 heavy (non-hydrogen) atoms. The zero-order valence-electron chi connectivity index (χ0n) is 13.9. The van der Waals surface area contributed by atoms with Crippen molar-refractivity contribution in [3.8, 4) is 23.8 Å². The largest absolute Gasteiger partial charge is 0.465 e. The predicted octanol–water partition coefficient (Wildman–Crippen LogP) is 3.65. The Labute approximate surface area is 132 Å². The number of carbonyl (C=O) groups is 1. The summed E-state index contributed by atoms with van der Waals surface area (Å²) in [6.07, 6.45) is 5.61. The second-order valence-electron chi connectivity index (χ2n) is 5.66. The van der Waals surface area contributed by atoms with Crippen molar-refractivity contribution in [3.63, 3.8) is 0 Å². The third kappa shape index (κ3) is 4.51. The van der Waals surface area contributed by atoms with E-state index in [2.05, 4.69) is 5.92 Å². The summed E-state index contributed by atoms with van der Waals surface area (Å²) >= 11 is 0. The van der Waals surface area contributed by atoms with Crippen LogP contribution in [0.15, 0.2) is 24.3 Å². The maximum Gasteiger partial charge on any atom is 0.329 e. The van der Waals surface area contributed by atoms with E-state index in [0.29, 0.717) is 17.9 Å². The summed E-state index contributed by atoms with van der Waals surface area (Å²) in [6, 6.07) is 6.81. The van der Waals surface area contributed by atoms with Crippen LogP contribution in [-0.2, 0) is 9.53 Å². The topological polar surface area (TPSA) is 44.8 Å². The number of hydrogen-bond acceptors (Lipinski definition) is 4. The average Bonchev–Trinajstić information content (AvgIpc) is 2.52. The van der Waals surface area contributed by atoms with Crippen molar-refractivity contribution in [2.75, 3.05) is 7.11 Å². The highest BCUT2D eigenvalue weighted by Gasteiger charge is 2.31. The van der Waals surface area contributed by atoms with Gasteiger partial charge in [0.2, 0.25) is 6.29 Å². The van der Waals surface area contributed by atoms with Crippen molar-refractivity contribution in [1.82, 2.24) is 0 Å². The Morgan fingerprint density at radius 3 is 2.23 bits per heavy atom. The van der Waals surface area contributed by atoms with Crippen LogP contribution < -0.4 is 9.47 Å². The molecule has 0 aliphatic carbocycles. The lowest BCUT2D eigenvalue weighted by Gasteiger charge is -2.21. The molecule has 0 spiro atoms. The lowest BCUT2D eigenvalue weighted by Crippen LogP contribution is -2.29. The van der Waals surface area contributed by atoms with Gasteiger partial charge in [0.05, 0.1) is 0 Å². The van der Waals surface area contributed by atoms with Crippen LogP contribution in [0.5, 0.6) is 11.5 Å². The Morgan fingerprint density at radius 2 is 1.82 bits per heavy atom. The SMILES string of the molecule is C#CC(C)(CC)C(=O)Oc1ccc(OC(OC)C(C)C)cc1. The molecule has 0 radical (unpaired) electrons. The second-order valence-corrected chi connectivity index (χ2v) is 5.66. The van der Waals surface area contributed by atoms with Gasteiger partial charge in [-0.1, -0.05) is 26.7 Å². The molecule has 0 N–H and O–H groups in total. The number of rotatable bonds is 7. The molecule has 4 nitrogen and oxygen atoms in total. The normalized spacial score (nSPS) is 14.8. The van der Waals surface area contributed by atoms with Crippen LogP contribution in [0.4, 0.5) is 0 Å². The van der Waals surface area contributed by atoms with Crippen molar-refractivity contribution < 1.29 is 19.0 Å². The van der Waals surface area contributed by atoms with E-state index in [1.165, 1.54) is 0 Å². The van der Waals surface area contributed by atoms with Gasteiger partial charge in [-0.2, -0.15) is 0 Å². The van der Waals surface area contributed by atoms with Crippen molar-refractivity contribution in [2.45, 2.75) is 40.4 Å². The molecular weight excluding hydrogens is 280 g/mol. The van der Waals surface area contributed by atoms with Crippen molar-refractivity contribution in [2.24, 2.45) is 11.3 Å². The molecule has 0 amide bonds. The first-order valence-electron chi connectivity index (χ1n) is 7.35. The maximum absolute atomic E-state index is 12.1. The van der Waals surface area contributed by atoms with Crippen LogP contribution in [0, 0.1) is 23.7 Å². The molecule has 0 saturated heterocycles. The number of terminal acetylenes is 1. The van der Waals surface area contributed by atoms with E-state index in [0.717, 1.165) is 0 Å². The minimum absolute atomic E-state index is 0.225. The van der Waals surface area contributed by atoms with E-state index in [1.54, 1.807) is 38.3 Å². The summed E-state index contributed by atoms with van der Waals surface area (Å²) in [5, 5.41) is 0. The van der Waals surface area contributed by atoms with Crippen LogP contribution in [0.1, 0.15) is 34.1 Å². The Bertz CT molecular complexity index is 527. The number of benzene rings is 1. The molecule has 2 unspecified atom stereocenters. The van der Waals surface area contributed by atoms with E-state index >= 15 is 0 Å². The summed E-state index contributed by atoms with van der Waals surface area (Å²) < 4.78 is 16.3. The first kappa shape index (κ1) is 18.1. The summed E-state index contributed by atoms with van der Waals surface area (Å²) in [6.45, 7) is 7.57. The summed E-state index contributed by atoms with van der Waals surface area (Å²) in [7, 11) is 1.60. The first-order chi connectivity index (χ1) is 10.4. The molecule has 2 atom stereocenters. The fourth-order valence-electron chi connectivity index (χ4n) is 1.70. The number of carbonyl (C=O) groups excluding carboxylic acids is 1. The minimum atomic E-state index is -0.909. The van der Waals surface area contributed by atoms with Crippen LogP contribution in [0.3, 0.4) is 0 Å². The summed E-state index contributed by atoms with van der Waals surface area (Å²) in [5.41, 5.74) is -0.909.